The van der Waals surface area contributed by atoms with E-state index in [-0.39, 0.29) is 24.5 Å². The highest BCUT2D eigenvalue weighted by atomic mass is 32.2. The third kappa shape index (κ3) is 19.3. The van der Waals surface area contributed by atoms with Gasteiger partial charge in [-0.15, -0.1) is 0 Å². The number of hydrogen-bond donors (Lipinski definition) is 12. The Morgan fingerprint density at radius 3 is 1.67 bits per heavy atom. The maximum absolute atomic E-state index is 13.4. The molecule has 0 heterocycles. The van der Waals surface area contributed by atoms with E-state index in [1.165, 1.54) is 24.3 Å². The molecule has 1 aromatic carbocycles. The van der Waals surface area contributed by atoms with Crippen LogP contribution in [-0.4, -0.2) is 123 Å². The molecule has 5 atom stereocenters. The second kappa shape index (κ2) is 22.5. The number of phosphoric ester groups is 1. The van der Waals surface area contributed by atoms with Crippen LogP contribution in [0.5, 0.6) is 5.75 Å². The summed E-state index contributed by atoms with van der Waals surface area (Å²) in [5.41, 5.74) is 5.61. The molecular formula is C31H47N8O15P. The van der Waals surface area contributed by atoms with E-state index in [0.29, 0.717) is 5.56 Å². The van der Waals surface area contributed by atoms with E-state index in [1.54, 1.807) is 13.8 Å². The van der Waals surface area contributed by atoms with Crippen LogP contribution in [0.3, 0.4) is 0 Å². The highest BCUT2D eigenvalue weighted by Gasteiger charge is 2.31. The van der Waals surface area contributed by atoms with Gasteiger partial charge in [0.1, 0.15) is 29.9 Å². The number of nitrogens with one attached hydrogen (secondary N) is 7. The fraction of sp³-hybridized carbons (Fsp3) is 0.516. The molecule has 1 rings (SSSR count). The fourth-order valence-corrected chi connectivity index (χ4v) is 4.91. The second-order valence-electron chi connectivity index (χ2n) is 12.4. The molecule has 0 fully saturated rings. The van der Waals surface area contributed by atoms with Crippen LogP contribution in [0.1, 0.15) is 46.1 Å². The van der Waals surface area contributed by atoms with Gasteiger partial charge in [0, 0.05) is 19.8 Å². The molecule has 0 radical (unpaired) electrons. The van der Waals surface area contributed by atoms with Crippen molar-refractivity contribution < 1.29 is 72.2 Å². The van der Waals surface area contributed by atoms with Gasteiger partial charge in [-0.2, -0.15) is 0 Å². The third-order valence-electron chi connectivity index (χ3n) is 7.23. The number of carbonyl (C=O) groups is 9. The second-order valence-corrected chi connectivity index (χ2v) is 13.5. The lowest BCUT2D eigenvalue weighted by Gasteiger charge is -2.25. The van der Waals surface area contributed by atoms with Gasteiger partial charge >= 0.3 is 13.8 Å². The summed E-state index contributed by atoms with van der Waals surface area (Å²) >= 11 is 0. The van der Waals surface area contributed by atoms with Gasteiger partial charge in [0.05, 0.1) is 25.7 Å². The Labute approximate surface area is 314 Å². The first kappa shape index (κ1) is 47.4. The van der Waals surface area contributed by atoms with E-state index in [0.717, 1.165) is 13.8 Å². The first-order valence-electron chi connectivity index (χ1n) is 16.5. The van der Waals surface area contributed by atoms with Gasteiger partial charge in [-0.1, -0.05) is 26.0 Å². The molecule has 0 aromatic heterocycles. The number of aliphatic hydroxyl groups excluding tert-OH is 1. The molecule has 0 saturated carbocycles. The van der Waals surface area contributed by atoms with E-state index < -0.39 is 117 Å². The Bertz CT molecular complexity index is 1620. The largest absolute Gasteiger partial charge is 0.524 e. The number of benzene rings is 1. The van der Waals surface area contributed by atoms with Gasteiger partial charge in [0.15, 0.2) is 0 Å². The van der Waals surface area contributed by atoms with Crippen LogP contribution < -0.4 is 47.5 Å². The topological polar surface area (TPSA) is 371 Å². The van der Waals surface area contributed by atoms with Gasteiger partial charge in [0.2, 0.25) is 47.3 Å². The highest BCUT2D eigenvalue weighted by molar-refractivity contribution is 7.46. The molecule has 306 valence electrons. The number of primary amides is 1. The van der Waals surface area contributed by atoms with Gasteiger partial charge in [-0.05, 0) is 37.0 Å². The average molecular weight is 804 g/mol. The molecule has 8 amide bonds. The smallest absolute Gasteiger partial charge is 0.481 e. The van der Waals surface area contributed by atoms with E-state index in [1.807, 2.05) is 0 Å². The van der Waals surface area contributed by atoms with Gasteiger partial charge < -0.3 is 57.7 Å². The van der Waals surface area contributed by atoms with Gasteiger partial charge in [0.25, 0.3) is 0 Å². The predicted molar refractivity (Wildman–Crippen MR) is 188 cm³/mol. The number of carboxylic acids is 1. The van der Waals surface area contributed by atoms with Crippen molar-refractivity contribution in [3.05, 3.63) is 29.8 Å². The summed E-state index contributed by atoms with van der Waals surface area (Å²) in [5, 5.41) is 35.2. The van der Waals surface area contributed by atoms with Crippen LogP contribution in [0.4, 0.5) is 0 Å². The van der Waals surface area contributed by atoms with Crippen molar-refractivity contribution in [3.8, 4) is 5.75 Å². The van der Waals surface area contributed by atoms with E-state index >= 15 is 0 Å². The molecule has 0 aliphatic heterocycles. The molecule has 0 bridgehead atoms. The SMILES string of the molecule is CC(=O)NCC(=O)N[C@@H](CCC(=O)O)C(=O)NCC(=O)N[C@H](C(=O)N[C@@H](Cc1ccc(O[32P](=O)(O)O)cc1)C(=O)NCC(=O)N[C@H](C(N)=O)C(C)C)[C@@H](C)O. The van der Waals surface area contributed by atoms with Crippen LogP contribution in [-0.2, 0) is 54.1 Å². The summed E-state index contributed by atoms with van der Waals surface area (Å²) in [5.74, 6) is -8.98. The molecular weight excluding hydrogens is 756 g/mol. The summed E-state index contributed by atoms with van der Waals surface area (Å²) < 4.78 is 15.7. The zero-order valence-corrected chi connectivity index (χ0v) is 31.2. The zero-order chi connectivity index (χ0) is 42.0. The lowest BCUT2D eigenvalue weighted by molar-refractivity contribution is -0.138. The fourth-order valence-electron chi connectivity index (χ4n) is 4.52. The third-order valence-corrected chi connectivity index (χ3v) is 7.68. The Balaban J connectivity index is 3.12. The van der Waals surface area contributed by atoms with E-state index in [2.05, 4.69) is 41.7 Å². The number of hydrogen-bond acceptors (Lipinski definition) is 12. The molecule has 23 nitrogen and oxygen atoms in total. The lowest BCUT2D eigenvalue weighted by Crippen LogP contribution is -2.59. The number of nitrogens with two attached hydrogens (primary N) is 1. The molecule has 0 spiro atoms. The Kier molecular flexibility index (Phi) is 19.4. The maximum Gasteiger partial charge on any atom is 0.524 e. The van der Waals surface area contributed by atoms with E-state index in [4.69, 9.17) is 20.6 Å². The van der Waals surface area contributed by atoms with Gasteiger partial charge in [-0.25, -0.2) is 4.57 Å². The molecule has 24 heteroatoms. The van der Waals surface area contributed by atoms with Crippen LogP contribution in [0.25, 0.3) is 0 Å². The van der Waals surface area contributed by atoms with E-state index in [9.17, 15) is 52.8 Å². The number of carbonyl (C=O) groups excluding carboxylic acids is 8. The van der Waals surface area contributed by atoms with Crippen LogP contribution >= 0.6 is 7.82 Å². The van der Waals surface area contributed by atoms with Crippen molar-refractivity contribution in [2.75, 3.05) is 19.6 Å². The molecule has 0 unspecified atom stereocenters. The van der Waals surface area contributed by atoms with Crippen molar-refractivity contribution >= 4 is 61.0 Å². The molecule has 0 saturated heterocycles. The average Bonchev–Trinajstić information content (AvgIpc) is 3.07. The van der Waals surface area contributed by atoms with Gasteiger partial charge in [-0.3, -0.25) is 52.9 Å². The maximum atomic E-state index is 13.4. The van der Waals surface area contributed by atoms with Crippen LogP contribution in [0, 0.1) is 5.92 Å². The zero-order valence-electron chi connectivity index (χ0n) is 30.3. The first-order valence-corrected chi connectivity index (χ1v) is 18.0. The first-order chi connectivity index (χ1) is 25.5. The molecule has 1 aromatic rings. The van der Waals surface area contributed by atoms with Crippen molar-refractivity contribution in [2.24, 2.45) is 11.7 Å². The normalized spacial score (nSPS) is 13.7. The number of aliphatic hydroxyl groups is 1. The highest BCUT2D eigenvalue weighted by Crippen LogP contribution is 2.37. The summed E-state index contributed by atoms with van der Waals surface area (Å²) in [6.07, 6.45) is -2.85. The quantitative estimate of drug-likeness (QED) is 0.0463. The van der Waals surface area contributed by atoms with Crippen molar-refractivity contribution in [1.29, 1.82) is 0 Å². The molecule has 0 aliphatic rings. The molecule has 0 aliphatic carbocycles. The minimum atomic E-state index is -4.89. The molecule has 13 N–H and O–H groups in total. The number of phosphoric acid groups is 1. The monoisotopic (exact) mass is 803 g/mol. The summed E-state index contributed by atoms with van der Waals surface area (Å²) in [7, 11) is -4.89. The molecule has 55 heavy (non-hydrogen) atoms. The Hall–Kier alpha value is -5.64. The minimum absolute atomic E-state index is 0.225. The number of rotatable bonds is 23. The lowest BCUT2D eigenvalue weighted by atomic mass is 10.0. The van der Waals surface area contributed by atoms with Crippen molar-refractivity contribution in [1.82, 2.24) is 37.2 Å². The van der Waals surface area contributed by atoms with Crippen LogP contribution in [0.2, 0.25) is 0 Å². The summed E-state index contributed by atoms with van der Waals surface area (Å²) in [4.78, 5) is 129. The van der Waals surface area contributed by atoms with Crippen LogP contribution in [0.15, 0.2) is 24.3 Å². The summed E-state index contributed by atoms with van der Waals surface area (Å²) in [6, 6.07) is -0.792. The van der Waals surface area contributed by atoms with Crippen molar-refractivity contribution in [2.45, 2.75) is 77.2 Å². The Morgan fingerprint density at radius 1 is 0.727 bits per heavy atom. The standard InChI is InChI=1S/C31H47N8O15P/c1-15(2)26(28(32)47)38-23(43)13-35-30(49)21(11-18-5-7-19(8-6-18)54-55(51,52)53)37-31(50)27(16(3)40)39-24(44)14-34-29(48)20(9-10-25(45)46)36-22(42)12-33-17(4)41/h5-8,15-16,20-21,26-27,40H,9-14H2,1-4H3,(H2,32,47)(H,33,41)(H,34,48)(H,35,49)(H,36,42)(H,37,50)(H,38,43)(H,39,44)(H,45,46)(H2,51,52,53)/t16-,20+,21+,26+,27+/m1/s1/i55+1. The number of carboxylic acid groups (broad SMARTS) is 1. The van der Waals surface area contributed by atoms with Crippen molar-refractivity contribution in [3.63, 3.8) is 0 Å². The predicted octanol–water partition coefficient (Wildman–Crippen LogP) is -4.60. The minimum Gasteiger partial charge on any atom is -0.481 e. The number of amides is 8. The summed E-state index contributed by atoms with van der Waals surface area (Å²) in [6.45, 7) is 3.49. The Morgan fingerprint density at radius 2 is 1.22 bits per heavy atom. The number of aliphatic carboxylic acids is 1.